The van der Waals surface area contributed by atoms with Gasteiger partial charge in [0.2, 0.25) is 0 Å². The lowest BCUT2D eigenvalue weighted by Crippen LogP contribution is -2.43. The fraction of sp³-hybridized carbons (Fsp3) is 0.100. The van der Waals surface area contributed by atoms with Crippen LogP contribution in [-0.4, -0.2) is 24.2 Å². The molecule has 3 amide bonds. The minimum absolute atomic E-state index is 0.282. The number of halogens is 1. The van der Waals surface area contributed by atoms with E-state index in [1.165, 1.54) is 18.2 Å². The van der Waals surface area contributed by atoms with Gasteiger partial charge in [-0.05, 0) is 18.2 Å². The maximum atomic E-state index is 13.0. The van der Waals surface area contributed by atoms with Crippen molar-refractivity contribution in [3.8, 4) is 0 Å². The fourth-order valence-electron chi connectivity index (χ4n) is 1.24. The molecule has 100 valence electrons. The van der Waals surface area contributed by atoms with Gasteiger partial charge in [0.1, 0.15) is 5.82 Å². The number of carbonyl (C=O) groups is 2. The van der Waals surface area contributed by atoms with Crippen LogP contribution in [0.4, 0.5) is 19.1 Å². The molecule has 1 aromatic heterocycles. The van der Waals surface area contributed by atoms with Crippen LogP contribution in [0.5, 0.6) is 0 Å². The normalized spacial score (nSPS) is 10.0. The Morgan fingerprint density at radius 1 is 1.37 bits per heavy atom. The van der Waals surface area contributed by atoms with Crippen molar-refractivity contribution in [2.24, 2.45) is 0 Å². The maximum absolute atomic E-state index is 13.0. The first-order valence-corrected chi connectivity index (χ1v) is 5.87. The second-order valence-electron chi connectivity index (χ2n) is 3.33. The molecule has 2 rings (SSSR count). The molecule has 0 aliphatic carbocycles. The number of benzene rings is 1. The zero-order valence-electron chi connectivity index (χ0n) is 9.69. The lowest BCUT2D eigenvalue weighted by molar-refractivity contribution is 0.166. The molecule has 0 unspecified atom stereocenters. The van der Waals surface area contributed by atoms with Gasteiger partial charge in [0, 0.05) is 0 Å². The molecule has 2 aromatic rings. The molecule has 0 radical (unpaired) electrons. The van der Waals surface area contributed by atoms with Gasteiger partial charge in [0.15, 0.2) is 5.13 Å². The van der Waals surface area contributed by atoms with Crippen molar-refractivity contribution in [2.75, 3.05) is 12.4 Å². The Balaban J connectivity index is 2.01. The molecule has 0 saturated carbocycles. The van der Waals surface area contributed by atoms with Crippen LogP contribution in [0.2, 0.25) is 0 Å². The summed E-state index contributed by atoms with van der Waals surface area (Å²) in [5, 5.41) is 2.68. The van der Waals surface area contributed by atoms with Crippen LogP contribution in [0.3, 0.4) is 0 Å². The van der Waals surface area contributed by atoms with Gasteiger partial charge in [0.25, 0.3) is 0 Å². The lowest BCUT2D eigenvalue weighted by atomic mass is 10.3. The van der Waals surface area contributed by atoms with Gasteiger partial charge in [-0.3, -0.25) is 5.32 Å². The number of hydrazine groups is 1. The third kappa shape index (κ3) is 3.28. The number of anilines is 1. The number of fused-ring (bicyclic) bond motifs is 1. The van der Waals surface area contributed by atoms with Crippen molar-refractivity contribution in [2.45, 2.75) is 0 Å². The van der Waals surface area contributed by atoms with E-state index in [9.17, 15) is 14.0 Å². The number of rotatable bonds is 1. The molecule has 0 fully saturated rings. The number of methoxy groups -OCH3 is 1. The van der Waals surface area contributed by atoms with Crippen LogP contribution in [0.15, 0.2) is 18.2 Å². The van der Waals surface area contributed by atoms with E-state index in [0.29, 0.717) is 10.2 Å². The van der Waals surface area contributed by atoms with Crippen LogP contribution in [-0.2, 0) is 4.74 Å². The summed E-state index contributed by atoms with van der Waals surface area (Å²) < 4.78 is 17.8. The molecule has 0 aliphatic rings. The summed E-state index contributed by atoms with van der Waals surface area (Å²) in [6.45, 7) is 0. The number of urea groups is 1. The van der Waals surface area contributed by atoms with E-state index in [-0.39, 0.29) is 10.9 Å². The predicted molar refractivity (Wildman–Crippen MR) is 67.3 cm³/mol. The molecular weight excluding hydrogens is 275 g/mol. The molecule has 0 atom stereocenters. The second-order valence-corrected chi connectivity index (χ2v) is 4.36. The highest BCUT2D eigenvalue weighted by molar-refractivity contribution is 7.22. The van der Waals surface area contributed by atoms with E-state index in [4.69, 9.17) is 0 Å². The van der Waals surface area contributed by atoms with Gasteiger partial charge < -0.3 is 4.74 Å². The van der Waals surface area contributed by atoms with E-state index >= 15 is 0 Å². The standard InChI is InChI=1S/C10H9FN4O3S/c1-18-10(17)15-14-8(16)13-9-12-6-3-2-5(11)4-7(6)19-9/h2-4H,1H3,(H,15,17)(H2,12,13,14,16). The smallest absolute Gasteiger partial charge is 0.425 e. The van der Waals surface area contributed by atoms with Gasteiger partial charge in [0.05, 0.1) is 17.3 Å². The average Bonchev–Trinajstić information content (AvgIpc) is 2.77. The number of nitrogens with zero attached hydrogens (tertiary/aromatic N) is 1. The Morgan fingerprint density at radius 3 is 2.89 bits per heavy atom. The van der Waals surface area contributed by atoms with Crippen molar-refractivity contribution in [1.29, 1.82) is 0 Å². The quantitative estimate of drug-likeness (QED) is 0.696. The van der Waals surface area contributed by atoms with Crippen molar-refractivity contribution >= 4 is 38.8 Å². The molecule has 0 spiro atoms. The summed E-state index contributed by atoms with van der Waals surface area (Å²) in [5.74, 6) is -0.375. The van der Waals surface area contributed by atoms with Gasteiger partial charge in [-0.2, -0.15) is 0 Å². The van der Waals surface area contributed by atoms with Crippen molar-refractivity contribution < 1.29 is 18.7 Å². The molecule has 0 saturated heterocycles. The second kappa shape index (κ2) is 5.48. The van der Waals surface area contributed by atoms with Crippen LogP contribution < -0.4 is 16.2 Å². The number of aromatic nitrogens is 1. The number of hydrogen-bond acceptors (Lipinski definition) is 5. The molecule has 0 bridgehead atoms. The zero-order chi connectivity index (χ0) is 13.8. The molecule has 19 heavy (non-hydrogen) atoms. The Labute approximate surface area is 110 Å². The number of carbonyl (C=O) groups excluding carboxylic acids is 2. The van der Waals surface area contributed by atoms with E-state index in [0.717, 1.165) is 18.4 Å². The summed E-state index contributed by atoms with van der Waals surface area (Å²) in [6.07, 6.45) is -0.804. The van der Waals surface area contributed by atoms with Gasteiger partial charge in [-0.25, -0.2) is 29.8 Å². The monoisotopic (exact) mass is 284 g/mol. The summed E-state index contributed by atoms with van der Waals surface area (Å²) in [5.41, 5.74) is 4.62. The minimum Gasteiger partial charge on any atom is -0.452 e. The highest BCUT2D eigenvalue weighted by Crippen LogP contribution is 2.26. The third-order valence-electron chi connectivity index (χ3n) is 2.03. The van der Waals surface area contributed by atoms with Gasteiger partial charge >= 0.3 is 12.1 Å². The zero-order valence-corrected chi connectivity index (χ0v) is 10.5. The molecular formula is C10H9FN4O3S. The third-order valence-corrected chi connectivity index (χ3v) is 2.97. The highest BCUT2D eigenvalue weighted by atomic mass is 32.1. The summed E-state index contributed by atoms with van der Waals surface area (Å²) in [4.78, 5) is 26.2. The maximum Gasteiger partial charge on any atom is 0.425 e. The first kappa shape index (κ1) is 13.0. The largest absolute Gasteiger partial charge is 0.452 e. The van der Waals surface area contributed by atoms with E-state index in [1.54, 1.807) is 0 Å². The average molecular weight is 284 g/mol. The molecule has 0 aliphatic heterocycles. The SMILES string of the molecule is COC(=O)NNC(=O)Nc1nc2ccc(F)cc2s1. The summed E-state index contributed by atoms with van der Waals surface area (Å²) in [7, 11) is 1.16. The van der Waals surface area contributed by atoms with Crippen molar-refractivity contribution in [1.82, 2.24) is 15.8 Å². The molecule has 1 heterocycles. The number of ether oxygens (including phenoxy) is 1. The number of thiazole rings is 1. The lowest BCUT2D eigenvalue weighted by Gasteiger charge is -2.05. The van der Waals surface area contributed by atoms with Crippen LogP contribution in [0, 0.1) is 5.82 Å². The van der Waals surface area contributed by atoms with E-state index in [2.05, 4.69) is 20.5 Å². The Kier molecular flexibility index (Phi) is 3.76. The van der Waals surface area contributed by atoms with Crippen LogP contribution in [0.1, 0.15) is 0 Å². The Hall–Kier alpha value is -2.42. The van der Waals surface area contributed by atoms with Gasteiger partial charge in [-0.15, -0.1) is 0 Å². The highest BCUT2D eigenvalue weighted by Gasteiger charge is 2.09. The molecule has 3 N–H and O–H groups in total. The summed E-state index contributed by atoms with van der Waals surface area (Å²) in [6, 6.07) is 3.43. The molecule has 1 aromatic carbocycles. The van der Waals surface area contributed by atoms with E-state index in [1.807, 2.05) is 5.43 Å². The predicted octanol–water partition coefficient (Wildman–Crippen LogP) is 1.83. The Bertz CT molecular complexity index is 630. The van der Waals surface area contributed by atoms with Crippen molar-refractivity contribution in [3.63, 3.8) is 0 Å². The van der Waals surface area contributed by atoms with Crippen molar-refractivity contribution in [3.05, 3.63) is 24.0 Å². The summed E-state index contributed by atoms with van der Waals surface area (Å²) >= 11 is 1.11. The van der Waals surface area contributed by atoms with E-state index < -0.39 is 12.1 Å². The van der Waals surface area contributed by atoms with Crippen LogP contribution >= 0.6 is 11.3 Å². The first-order chi connectivity index (χ1) is 9.08. The molecule has 9 heteroatoms. The number of amides is 3. The molecule has 7 nitrogen and oxygen atoms in total. The number of hydrogen-bond donors (Lipinski definition) is 3. The fourth-order valence-corrected chi connectivity index (χ4v) is 2.12. The van der Waals surface area contributed by atoms with Gasteiger partial charge in [-0.1, -0.05) is 11.3 Å². The Morgan fingerprint density at radius 2 is 2.16 bits per heavy atom. The topological polar surface area (TPSA) is 92.4 Å². The van der Waals surface area contributed by atoms with Crippen LogP contribution in [0.25, 0.3) is 10.2 Å². The first-order valence-electron chi connectivity index (χ1n) is 5.05. The minimum atomic E-state index is -0.804. The number of nitrogens with one attached hydrogen (secondary N) is 3.